The Morgan fingerprint density at radius 1 is 0.967 bits per heavy atom. The zero-order valence-electron chi connectivity index (χ0n) is 15.7. The lowest BCUT2D eigenvalue weighted by atomic mass is 10.2. The number of halogens is 3. The van der Waals surface area contributed by atoms with Crippen LogP contribution in [-0.2, 0) is 18.6 Å². The van der Waals surface area contributed by atoms with Gasteiger partial charge in [0, 0.05) is 19.8 Å². The van der Waals surface area contributed by atoms with E-state index in [1.54, 1.807) is 35.2 Å². The van der Waals surface area contributed by atoms with Gasteiger partial charge in [0.25, 0.3) is 0 Å². The highest BCUT2D eigenvalue weighted by Crippen LogP contribution is 2.41. The smallest absolute Gasteiger partial charge is 0.143 e. The number of hydrogen-bond acceptors (Lipinski definition) is 5. The average Bonchev–Trinajstić information content (AvgIpc) is 3.31. The molecule has 0 amide bonds. The minimum Gasteiger partial charge on any atom is -0.338 e. The van der Waals surface area contributed by atoms with E-state index in [1.165, 1.54) is 16.9 Å². The summed E-state index contributed by atoms with van der Waals surface area (Å²) in [6.07, 6.45) is 3.36. The second-order valence-electron chi connectivity index (χ2n) is 7.02. The summed E-state index contributed by atoms with van der Waals surface area (Å²) < 4.78 is 0. The van der Waals surface area contributed by atoms with E-state index in [1.807, 2.05) is 30.3 Å². The molecule has 2 aromatic carbocycles. The maximum atomic E-state index is 6.41. The van der Waals surface area contributed by atoms with Crippen molar-refractivity contribution in [3.63, 3.8) is 0 Å². The van der Waals surface area contributed by atoms with Crippen LogP contribution in [0.4, 0.5) is 11.5 Å². The number of hydrogen-bond donors (Lipinski definition) is 1. The van der Waals surface area contributed by atoms with E-state index in [-0.39, 0.29) is 0 Å². The van der Waals surface area contributed by atoms with E-state index >= 15 is 0 Å². The molecular formula is C22H16Cl3N3S2. The molecule has 5 rings (SSSR count). The highest BCUT2D eigenvalue weighted by molar-refractivity contribution is 7.98. The molecule has 3 nitrogen and oxygen atoms in total. The fourth-order valence-corrected chi connectivity index (χ4v) is 6.09. The molecule has 0 unspecified atom stereocenters. The molecule has 0 saturated carbocycles. The van der Waals surface area contributed by atoms with Gasteiger partial charge in [-0.25, -0.2) is 9.97 Å². The number of nitrogens with zero attached hydrogens (tertiary/aromatic N) is 2. The second-order valence-corrected chi connectivity index (χ2v) is 10.4. The molecule has 0 fully saturated rings. The third-order valence-corrected chi connectivity index (χ3v) is 7.98. The first-order valence-corrected chi connectivity index (χ1v) is 12.4. The van der Waals surface area contributed by atoms with Crippen molar-refractivity contribution < 1.29 is 0 Å². The summed E-state index contributed by atoms with van der Waals surface area (Å²) in [7, 11) is 0. The van der Waals surface area contributed by atoms with Gasteiger partial charge in [0.05, 0.1) is 21.8 Å². The summed E-state index contributed by atoms with van der Waals surface area (Å²) in [6.45, 7) is 0. The predicted molar refractivity (Wildman–Crippen MR) is 130 cm³/mol. The zero-order valence-corrected chi connectivity index (χ0v) is 19.6. The third kappa shape index (κ3) is 4.14. The average molecular weight is 493 g/mol. The van der Waals surface area contributed by atoms with Gasteiger partial charge in [-0.05, 0) is 67.3 Å². The molecule has 0 bridgehead atoms. The van der Waals surface area contributed by atoms with Crippen LogP contribution in [0.5, 0.6) is 0 Å². The third-order valence-electron chi connectivity index (χ3n) is 4.97. The fourth-order valence-electron chi connectivity index (χ4n) is 3.59. The highest BCUT2D eigenvalue weighted by atomic mass is 35.5. The van der Waals surface area contributed by atoms with Gasteiger partial charge in [0.1, 0.15) is 16.5 Å². The lowest BCUT2D eigenvalue weighted by Crippen LogP contribution is -2.01. The number of benzene rings is 2. The monoisotopic (exact) mass is 491 g/mol. The predicted octanol–water partition coefficient (Wildman–Crippen LogP) is 8.18. The largest absolute Gasteiger partial charge is 0.338 e. The van der Waals surface area contributed by atoms with Crippen molar-refractivity contribution in [2.24, 2.45) is 0 Å². The van der Waals surface area contributed by atoms with Crippen LogP contribution in [0.2, 0.25) is 15.1 Å². The molecule has 1 aliphatic rings. The Morgan fingerprint density at radius 2 is 1.77 bits per heavy atom. The molecule has 4 aromatic rings. The van der Waals surface area contributed by atoms with Crippen LogP contribution in [0.3, 0.4) is 0 Å². The summed E-state index contributed by atoms with van der Waals surface area (Å²) in [4.78, 5) is 13.3. The van der Waals surface area contributed by atoms with E-state index < -0.39 is 0 Å². The van der Waals surface area contributed by atoms with Gasteiger partial charge < -0.3 is 5.32 Å². The van der Waals surface area contributed by atoms with E-state index in [2.05, 4.69) is 5.32 Å². The maximum Gasteiger partial charge on any atom is 0.143 e. The zero-order chi connectivity index (χ0) is 20.7. The Bertz CT molecular complexity index is 1240. The number of aryl methyl sites for hydroxylation is 2. The van der Waals surface area contributed by atoms with E-state index in [0.29, 0.717) is 15.8 Å². The molecule has 2 aromatic heterocycles. The first kappa shape index (κ1) is 20.4. The van der Waals surface area contributed by atoms with E-state index in [9.17, 15) is 0 Å². The van der Waals surface area contributed by atoms with Crippen LogP contribution in [-0.4, -0.2) is 9.97 Å². The number of fused-ring (bicyclic) bond motifs is 3. The van der Waals surface area contributed by atoms with Gasteiger partial charge in [-0.15, -0.1) is 23.1 Å². The van der Waals surface area contributed by atoms with Gasteiger partial charge >= 0.3 is 0 Å². The van der Waals surface area contributed by atoms with Gasteiger partial charge in [-0.3, -0.25) is 0 Å². The van der Waals surface area contributed by atoms with Crippen LogP contribution < -0.4 is 5.32 Å². The first-order valence-electron chi connectivity index (χ1n) is 9.48. The number of nitrogens with one attached hydrogen (secondary N) is 1. The van der Waals surface area contributed by atoms with Gasteiger partial charge in [-0.2, -0.15) is 0 Å². The standard InChI is InChI=1S/C22H16Cl3N3S2/c23-12-4-7-14(8-5-12)29-11-19-27-21(26-17-10-13(24)6-9-16(17)25)20-15-2-1-3-18(15)30-22(20)28-19/h4-10H,1-3,11H2,(H,26,27,28). The number of aromatic nitrogens is 2. The van der Waals surface area contributed by atoms with Crippen molar-refractivity contribution in [3.05, 3.63) is 73.8 Å². The minimum atomic E-state index is 0.607. The summed E-state index contributed by atoms with van der Waals surface area (Å²) in [5.41, 5.74) is 2.12. The number of rotatable bonds is 5. The molecule has 0 spiro atoms. The molecule has 1 aliphatic carbocycles. The molecule has 2 heterocycles. The molecule has 152 valence electrons. The summed E-state index contributed by atoms with van der Waals surface area (Å²) in [5, 5.41) is 6.51. The molecular weight excluding hydrogens is 477 g/mol. The first-order chi connectivity index (χ1) is 14.6. The number of thiophene rings is 1. The van der Waals surface area contributed by atoms with Crippen LogP contribution in [0.25, 0.3) is 10.2 Å². The molecule has 0 radical (unpaired) electrons. The molecule has 0 atom stereocenters. The van der Waals surface area contributed by atoms with Crippen LogP contribution in [0.15, 0.2) is 47.4 Å². The SMILES string of the molecule is Clc1ccc(SCc2nc(Nc3cc(Cl)ccc3Cl)c3c4c(sc3n2)CCC4)cc1. The van der Waals surface area contributed by atoms with Crippen molar-refractivity contribution in [1.29, 1.82) is 0 Å². The van der Waals surface area contributed by atoms with Crippen molar-refractivity contribution in [2.75, 3.05) is 5.32 Å². The molecule has 30 heavy (non-hydrogen) atoms. The Labute approximate surface area is 197 Å². The fraction of sp³-hybridized carbons (Fsp3) is 0.182. The lowest BCUT2D eigenvalue weighted by Gasteiger charge is -2.12. The number of anilines is 2. The summed E-state index contributed by atoms with van der Waals surface area (Å²) in [5.74, 6) is 2.25. The van der Waals surface area contributed by atoms with Gasteiger partial charge in [-0.1, -0.05) is 34.8 Å². The van der Waals surface area contributed by atoms with E-state index in [0.717, 1.165) is 50.3 Å². The number of thioether (sulfide) groups is 1. The normalized spacial score (nSPS) is 13.0. The molecule has 8 heteroatoms. The lowest BCUT2D eigenvalue weighted by molar-refractivity contribution is 0.917. The van der Waals surface area contributed by atoms with E-state index in [4.69, 9.17) is 44.8 Å². The van der Waals surface area contributed by atoms with Gasteiger partial charge in [0.15, 0.2) is 0 Å². The summed E-state index contributed by atoms with van der Waals surface area (Å²) in [6, 6.07) is 13.2. The molecule has 1 N–H and O–H groups in total. The molecule has 0 aliphatic heterocycles. The second kappa shape index (κ2) is 8.56. The van der Waals surface area contributed by atoms with Crippen molar-refractivity contribution in [3.8, 4) is 0 Å². The Hall–Kier alpha value is -1.50. The molecule has 0 saturated heterocycles. The van der Waals surface area contributed by atoms with Crippen molar-refractivity contribution >= 4 is 79.6 Å². The van der Waals surface area contributed by atoms with Crippen LogP contribution in [0, 0.1) is 0 Å². The maximum absolute atomic E-state index is 6.41. The minimum absolute atomic E-state index is 0.607. The topological polar surface area (TPSA) is 37.8 Å². The van der Waals surface area contributed by atoms with Gasteiger partial charge in [0.2, 0.25) is 0 Å². The van der Waals surface area contributed by atoms with Crippen molar-refractivity contribution in [1.82, 2.24) is 9.97 Å². The van der Waals surface area contributed by atoms with Crippen molar-refractivity contribution in [2.45, 2.75) is 29.9 Å². The summed E-state index contributed by atoms with van der Waals surface area (Å²) >= 11 is 22.1. The Morgan fingerprint density at radius 3 is 2.60 bits per heavy atom. The van der Waals surface area contributed by atoms with Crippen LogP contribution in [0.1, 0.15) is 22.7 Å². The Balaban J connectivity index is 1.53. The van der Waals surface area contributed by atoms with Crippen LogP contribution >= 0.6 is 57.9 Å². The Kier molecular flexibility index (Phi) is 5.82. The highest BCUT2D eigenvalue weighted by Gasteiger charge is 2.23. The quantitative estimate of drug-likeness (QED) is 0.285.